The van der Waals surface area contributed by atoms with E-state index in [4.69, 9.17) is 4.42 Å². The predicted octanol–water partition coefficient (Wildman–Crippen LogP) is 3.96. The van der Waals surface area contributed by atoms with Gasteiger partial charge in [0, 0.05) is 18.1 Å². The summed E-state index contributed by atoms with van der Waals surface area (Å²) in [7, 11) is 0. The van der Waals surface area contributed by atoms with E-state index in [2.05, 4.69) is 15.6 Å². The maximum Gasteiger partial charge on any atom is 0.417 e. The molecular formula is C18H16F3N3O2. The van der Waals surface area contributed by atoms with Crippen molar-refractivity contribution in [2.24, 2.45) is 0 Å². The third-order valence-electron chi connectivity index (χ3n) is 3.83. The van der Waals surface area contributed by atoms with Gasteiger partial charge in [0.05, 0.1) is 11.8 Å². The Morgan fingerprint density at radius 3 is 2.73 bits per heavy atom. The molecule has 2 N–H and O–H groups in total. The van der Waals surface area contributed by atoms with Crippen molar-refractivity contribution in [3.05, 3.63) is 60.0 Å². The number of anilines is 1. The number of hydrogen-bond donors (Lipinski definition) is 2. The van der Waals surface area contributed by atoms with Crippen molar-refractivity contribution in [2.75, 3.05) is 5.32 Å². The molecule has 26 heavy (non-hydrogen) atoms. The molecule has 2 heterocycles. The predicted molar refractivity (Wildman–Crippen MR) is 90.4 cm³/mol. The molecule has 0 radical (unpaired) electrons. The molecule has 5 nitrogen and oxygen atoms in total. The fourth-order valence-corrected chi connectivity index (χ4v) is 2.40. The van der Waals surface area contributed by atoms with Gasteiger partial charge in [0.15, 0.2) is 0 Å². The third kappa shape index (κ3) is 4.14. The lowest BCUT2D eigenvalue weighted by Crippen LogP contribution is -2.37. The molecule has 0 aliphatic carbocycles. The van der Waals surface area contributed by atoms with Gasteiger partial charge in [-0.2, -0.15) is 13.2 Å². The summed E-state index contributed by atoms with van der Waals surface area (Å²) in [4.78, 5) is 15.9. The largest absolute Gasteiger partial charge is 0.464 e. The monoisotopic (exact) mass is 363 g/mol. The normalized spacial score (nSPS) is 12.8. The molecule has 0 aliphatic heterocycles. The molecule has 0 bridgehead atoms. The van der Waals surface area contributed by atoms with Crippen LogP contribution in [-0.4, -0.2) is 16.9 Å². The molecule has 2 aromatic heterocycles. The fraction of sp³-hybridized carbons (Fsp3) is 0.222. The SMILES string of the molecule is CC(Nc1ccc(C(F)(F)F)cn1)C(=O)NCc1ccc2occc2c1. The highest BCUT2D eigenvalue weighted by atomic mass is 19.4. The maximum atomic E-state index is 12.5. The number of alkyl halides is 3. The molecule has 1 amide bonds. The van der Waals surface area contributed by atoms with Crippen LogP contribution in [0.25, 0.3) is 11.0 Å². The van der Waals surface area contributed by atoms with Gasteiger partial charge in [-0.3, -0.25) is 4.79 Å². The van der Waals surface area contributed by atoms with Crippen LogP contribution in [0, 0.1) is 0 Å². The lowest BCUT2D eigenvalue weighted by molar-refractivity contribution is -0.137. The Labute approximate surface area is 147 Å². The van der Waals surface area contributed by atoms with E-state index in [1.807, 2.05) is 24.3 Å². The fourth-order valence-electron chi connectivity index (χ4n) is 2.40. The molecule has 0 aliphatic rings. The Morgan fingerprint density at radius 2 is 2.04 bits per heavy atom. The van der Waals surface area contributed by atoms with Crippen LogP contribution in [0.1, 0.15) is 18.1 Å². The third-order valence-corrected chi connectivity index (χ3v) is 3.83. The van der Waals surface area contributed by atoms with E-state index in [0.29, 0.717) is 6.54 Å². The second-order valence-corrected chi connectivity index (χ2v) is 5.81. The number of furan rings is 1. The van der Waals surface area contributed by atoms with Crippen molar-refractivity contribution in [2.45, 2.75) is 25.7 Å². The van der Waals surface area contributed by atoms with Crippen molar-refractivity contribution in [1.82, 2.24) is 10.3 Å². The number of aromatic nitrogens is 1. The summed E-state index contributed by atoms with van der Waals surface area (Å²) in [6.45, 7) is 1.93. The second kappa shape index (κ2) is 7.07. The second-order valence-electron chi connectivity index (χ2n) is 5.81. The number of hydrogen-bond acceptors (Lipinski definition) is 4. The van der Waals surface area contributed by atoms with Crippen LogP contribution in [0.4, 0.5) is 19.0 Å². The molecule has 1 unspecified atom stereocenters. The number of benzene rings is 1. The molecule has 136 valence electrons. The Balaban J connectivity index is 1.55. The summed E-state index contributed by atoms with van der Waals surface area (Å²) >= 11 is 0. The molecule has 8 heteroatoms. The highest BCUT2D eigenvalue weighted by Crippen LogP contribution is 2.28. The summed E-state index contributed by atoms with van der Waals surface area (Å²) in [5.41, 5.74) is 0.838. The first-order valence-corrected chi connectivity index (χ1v) is 7.86. The summed E-state index contributed by atoms with van der Waals surface area (Å²) in [6, 6.07) is 8.87. The average Bonchev–Trinajstić information content (AvgIpc) is 3.07. The minimum absolute atomic E-state index is 0.195. The van der Waals surface area contributed by atoms with Gasteiger partial charge < -0.3 is 15.1 Å². The zero-order valence-corrected chi connectivity index (χ0v) is 13.8. The number of fused-ring (bicyclic) bond motifs is 1. The number of nitrogens with zero attached hydrogens (tertiary/aromatic N) is 1. The number of rotatable bonds is 5. The van der Waals surface area contributed by atoms with Crippen molar-refractivity contribution in [1.29, 1.82) is 0 Å². The number of pyridine rings is 1. The Hall–Kier alpha value is -3.03. The van der Waals surface area contributed by atoms with Crippen LogP contribution in [-0.2, 0) is 17.5 Å². The molecule has 0 saturated heterocycles. The molecule has 0 spiro atoms. The summed E-state index contributed by atoms with van der Waals surface area (Å²) < 4.78 is 42.8. The van der Waals surface area contributed by atoms with Crippen LogP contribution in [0.15, 0.2) is 53.3 Å². The lowest BCUT2D eigenvalue weighted by atomic mass is 10.1. The van der Waals surface area contributed by atoms with Crippen molar-refractivity contribution in [3.8, 4) is 0 Å². The Bertz CT molecular complexity index is 904. The smallest absolute Gasteiger partial charge is 0.417 e. The number of carbonyl (C=O) groups is 1. The summed E-state index contributed by atoms with van der Waals surface area (Å²) in [5.74, 6) is -0.0977. The van der Waals surface area contributed by atoms with Gasteiger partial charge in [-0.1, -0.05) is 6.07 Å². The highest BCUT2D eigenvalue weighted by molar-refractivity contribution is 5.84. The summed E-state index contributed by atoms with van der Waals surface area (Å²) in [6.07, 6.45) is -2.12. The molecule has 3 aromatic rings. The van der Waals surface area contributed by atoms with E-state index >= 15 is 0 Å². The minimum atomic E-state index is -4.44. The van der Waals surface area contributed by atoms with Crippen LogP contribution >= 0.6 is 0 Å². The maximum absolute atomic E-state index is 12.5. The highest BCUT2D eigenvalue weighted by Gasteiger charge is 2.30. The molecule has 1 atom stereocenters. The first kappa shape index (κ1) is 17.8. The average molecular weight is 363 g/mol. The number of carbonyl (C=O) groups excluding carboxylic acids is 1. The lowest BCUT2D eigenvalue weighted by Gasteiger charge is -2.15. The zero-order valence-electron chi connectivity index (χ0n) is 13.8. The molecule has 0 saturated carbocycles. The van der Waals surface area contributed by atoms with Crippen molar-refractivity contribution >= 4 is 22.7 Å². The number of halogens is 3. The van der Waals surface area contributed by atoms with E-state index in [1.54, 1.807) is 13.2 Å². The first-order valence-electron chi connectivity index (χ1n) is 7.86. The molecule has 0 fully saturated rings. The zero-order chi connectivity index (χ0) is 18.7. The standard InChI is InChI=1S/C18H16F3N3O2/c1-11(24-16-5-3-14(10-22-16)18(19,20)21)17(25)23-9-12-2-4-15-13(8-12)6-7-26-15/h2-8,10-11H,9H2,1H3,(H,22,24)(H,23,25). The molecule has 3 rings (SSSR count). The van der Waals surface area contributed by atoms with Crippen molar-refractivity contribution in [3.63, 3.8) is 0 Å². The van der Waals surface area contributed by atoms with E-state index in [9.17, 15) is 18.0 Å². The van der Waals surface area contributed by atoms with Crippen molar-refractivity contribution < 1.29 is 22.4 Å². The van der Waals surface area contributed by atoms with Gasteiger partial charge >= 0.3 is 6.18 Å². The molecular weight excluding hydrogens is 347 g/mol. The topological polar surface area (TPSA) is 67.2 Å². The van der Waals surface area contributed by atoms with Crippen LogP contribution < -0.4 is 10.6 Å². The van der Waals surface area contributed by atoms with E-state index < -0.39 is 17.8 Å². The Kier molecular flexibility index (Phi) is 4.83. The van der Waals surface area contributed by atoms with Crippen LogP contribution in [0.2, 0.25) is 0 Å². The van der Waals surface area contributed by atoms with Gasteiger partial charge in [-0.05, 0) is 42.8 Å². The minimum Gasteiger partial charge on any atom is -0.464 e. The number of amides is 1. The molecule has 1 aromatic carbocycles. The van der Waals surface area contributed by atoms with E-state index in [-0.39, 0.29) is 11.7 Å². The van der Waals surface area contributed by atoms with Crippen LogP contribution in [0.5, 0.6) is 0 Å². The van der Waals surface area contributed by atoms with Gasteiger partial charge in [-0.25, -0.2) is 4.98 Å². The first-order chi connectivity index (χ1) is 12.3. The Morgan fingerprint density at radius 1 is 1.23 bits per heavy atom. The van der Waals surface area contributed by atoms with E-state index in [0.717, 1.165) is 28.8 Å². The van der Waals surface area contributed by atoms with Crippen LogP contribution in [0.3, 0.4) is 0 Å². The van der Waals surface area contributed by atoms with Gasteiger partial charge in [0.1, 0.15) is 17.4 Å². The van der Waals surface area contributed by atoms with E-state index in [1.165, 1.54) is 6.07 Å². The van der Waals surface area contributed by atoms with Gasteiger partial charge in [0.25, 0.3) is 0 Å². The van der Waals surface area contributed by atoms with Gasteiger partial charge in [-0.15, -0.1) is 0 Å². The number of nitrogens with one attached hydrogen (secondary N) is 2. The quantitative estimate of drug-likeness (QED) is 0.720. The summed E-state index contributed by atoms with van der Waals surface area (Å²) in [5, 5.41) is 6.49. The van der Waals surface area contributed by atoms with Gasteiger partial charge in [0.2, 0.25) is 5.91 Å².